The second-order valence-electron chi connectivity index (χ2n) is 6.29. The molecule has 0 amide bonds. The molecular formula is C17H27N3O4S. The Morgan fingerprint density at radius 1 is 1.32 bits per heavy atom. The number of carboxylic acid groups (broad SMARTS) is 2. The molecule has 0 radical (unpaired) electrons. The Morgan fingerprint density at radius 2 is 1.92 bits per heavy atom. The molecule has 0 atom stereocenters. The highest BCUT2D eigenvalue weighted by Gasteiger charge is 2.22. The molecule has 1 aromatic rings. The number of hydrogen-bond acceptors (Lipinski definition) is 6. The molecule has 140 valence electrons. The van der Waals surface area contributed by atoms with Crippen LogP contribution in [0.4, 0.5) is 0 Å². The molecular weight excluding hydrogens is 342 g/mol. The molecule has 0 saturated carbocycles. The average molecular weight is 369 g/mol. The molecule has 0 unspecified atom stereocenters. The highest BCUT2D eigenvalue weighted by Crippen LogP contribution is 2.17. The van der Waals surface area contributed by atoms with Crippen LogP contribution in [0.1, 0.15) is 32.4 Å². The number of thiazole rings is 1. The quantitative estimate of drug-likeness (QED) is 0.632. The van der Waals surface area contributed by atoms with Gasteiger partial charge in [-0.2, -0.15) is 0 Å². The molecule has 0 spiro atoms. The number of nitrogens with zero attached hydrogens (tertiary/aromatic N) is 2. The zero-order chi connectivity index (χ0) is 18.7. The van der Waals surface area contributed by atoms with Crippen molar-refractivity contribution in [2.75, 3.05) is 19.6 Å². The van der Waals surface area contributed by atoms with Crippen LogP contribution in [-0.4, -0.2) is 57.7 Å². The monoisotopic (exact) mass is 369 g/mol. The first kappa shape index (κ1) is 21.3. The lowest BCUT2D eigenvalue weighted by atomic mass is 10.0. The van der Waals surface area contributed by atoms with E-state index in [0.29, 0.717) is 12.2 Å². The van der Waals surface area contributed by atoms with Gasteiger partial charge in [0.25, 0.3) is 0 Å². The molecule has 2 heterocycles. The van der Waals surface area contributed by atoms with Crippen LogP contribution < -0.4 is 5.32 Å². The average Bonchev–Trinajstić information content (AvgIpc) is 3.06. The molecule has 2 rings (SSSR count). The third-order valence-corrected chi connectivity index (χ3v) is 4.28. The molecule has 1 saturated heterocycles. The maximum absolute atomic E-state index is 9.55. The van der Waals surface area contributed by atoms with Crippen molar-refractivity contribution in [3.8, 4) is 0 Å². The van der Waals surface area contributed by atoms with Crippen LogP contribution in [0, 0.1) is 5.92 Å². The van der Waals surface area contributed by atoms with Gasteiger partial charge in [0.15, 0.2) is 0 Å². The fourth-order valence-electron chi connectivity index (χ4n) is 2.65. The van der Waals surface area contributed by atoms with Crippen LogP contribution >= 0.6 is 11.3 Å². The van der Waals surface area contributed by atoms with E-state index in [2.05, 4.69) is 34.4 Å². The lowest BCUT2D eigenvalue weighted by Crippen LogP contribution is -2.44. The van der Waals surface area contributed by atoms with Crippen molar-refractivity contribution >= 4 is 23.3 Å². The number of carboxylic acids is 2. The number of piperidine rings is 1. The van der Waals surface area contributed by atoms with Crippen LogP contribution in [0.3, 0.4) is 0 Å². The van der Waals surface area contributed by atoms with Crippen LogP contribution in [0.2, 0.25) is 0 Å². The number of carbonyl (C=O) groups is 2. The fourth-order valence-corrected chi connectivity index (χ4v) is 3.20. The van der Waals surface area contributed by atoms with Gasteiger partial charge in [-0.1, -0.05) is 13.8 Å². The Labute approximate surface area is 152 Å². The Kier molecular flexibility index (Phi) is 9.98. The lowest BCUT2D eigenvalue weighted by molar-refractivity contribution is -0.134. The molecule has 1 aliphatic rings. The van der Waals surface area contributed by atoms with Gasteiger partial charge in [-0.15, -0.1) is 11.3 Å². The summed E-state index contributed by atoms with van der Waals surface area (Å²) in [4.78, 5) is 26.2. The molecule has 7 nitrogen and oxygen atoms in total. The van der Waals surface area contributed by atoms with Crippen LogP contribution in [0.25, 0.3) is 0 Å². The van der Waals surface area contributed by atoms with E-state index in [4.69, 9.17) is 10.2 Å². The predicted molar refractivity (Wildman–Crippen MR) is 97.7 cm³/mol. The summed E-state index contributed by atoms with van der Waals surface area (Å²) in [5.41, 5.74) is 3.17. The second-order valence-corrected chi connectivity index (χ2v) is 7.01. The molecule has 1 aliphatic heterocycles. The minimum absolute atomic E-state index is 0.558. The smallest absolute Gasteiger partial charge is 0.328 e. The maximum atomic E-state index is 9.55. The lowest BCUT2D eigenvalue weighted by Gasteiger charge is -2.35. The first-order chi connectivity index (χ1) is 11.9. The van der Waals surface area contributed by atoms with Crippen molar-refractivity contribution in [1.82, 2.24) is 15.2 Å². The summed E-state index contributed by atoms with van der Waals surface area (Å²) in [5.74, 6) is -1.79. The van der Waals surface area contributed by atoms with E-state index >= 15 is 0 Å². The highest BCUT2D eigenvalue weighted by molar-refractivity contribution is 7.07. The van der Waals surface area contributed by atoms with Crippen molar-refractivity contribution in [1.29, 1.82) is 0 Å². The van der Waals surface area contributed by atoms with Gasteiger partial charge in [0, 0.05) is 36.7 Å². The minimum atomic E-state index is -1.26. The van der Waals surface area contributed by atoms with Gasteiger partial charge in [-0.3, -0.25) is 4.90 Å². The summed E-state index contributed by atoms with van der Waals surface area (Å²) in [6.45, 7) is 9.13. The van der Waals surface area contributed by atoms with Gasteiger partial charge in [-0.05, 0) is 31.8 Å². The van der Waals surface area contributed by atoms with Gasteiger partial charge < -0.3 is 15.5 Å². The second kappa shape index (κ2) is 11.7. The summed E-state index contributed by atoms with van der Waals surface area (Å²) in [6.07, 6.45) is 3.67. The van der Waals surface area contributed by atoms with Gasteiger partial charge in [0.2, 0.25) is 0 Å². The molecule has 0 aliphatic carbocycles. The molecule has 25 heavy (non-hydrogen) atoms. The van der Waals surface area contributed by atoms with E-state index < -0.39 is 11.9 Å². The van der Waals surface area contributed by atoms with Crippen molar-refractivity contribution in [3.63, 3.8) is 0 Å². The van der Waals surface area contributed by atoms with Gasteiger partial charge >= 0.3 is 11.9 Å². The van der Waals surface area contributed by atoms with Gasteiger partial charge in [0.1, 0.15) is 0 Å². The standard InChI is InChI=1S/C13H23N3S.C4H4O4/c1-11(2)7-16(8-12-9-17-10-15-12)13-3-5-14-6-4-13;5-3(6)1-2-4(7)8/h9-11,13-14H,3-8H2,1-2H3;1-2H,(H,5,6)(H,7,8)/b;2-1+. The number of aliphatic carboxylic acids is 2. The molecule has 1 aromatic heterocycles. The zero-order valence-electron chi connectivity index (χ0n) is 14.7. The van der Waals surface area contributed by atoms with E-state index in [0.717, 1.165) is 31.6 Å². The molecule has 0 bridgehead atoms. The Morgan fingerprint density at radius 3 is 2.36 bits per heavy atom. The van der Waals surface area contributed by atoms with E-state index in [1.807, 2.05) is 5.51 Å². The van der Waals surface area contributed by atoms with Crippen LogP contribution in [0.15, 0.2) is 23.0 Å². The van der Waals surface area contributed by atoms with Crippen molar-refractivity contribution in [2.24, 2.45) is 5.92 Å². The number of nitrogens with one attached hydrogen (secondary N) is 1. The summed E-state index contributed by atoms with van der Waals surface area (Å²) < 4.78 is 0. The van der Waals surface area contributed by atoms with Crippen LogP contribution in [-0.2, 0) is 16.1 Å². The first-order valence-corrected chi connectivity index (χ1v) is 9.28. The SMILES string of the molecule is CC(C)CN(Cc1cscn1)C1CCNCC1.O=C(O)/C=C/C(=O)O. The molecule has 1 fully saturated rings. The Bertz CT molecular complexity index is 524. The van der Waals surface area contributed by atoms with Crippen molar-refractivity contribution in [3.05, 3.63) is 28.7 Å². The zero-order valence-corrected chi connectivity index (χ0v) is 15.5. The summed E-state index contributed by atoms with van der Waals surface area (Å²) in [7, 11) is 0. The minimum Gasteiger partial charge on any atom is -0.478 e. The molecule has 3 N–H and O–H groups in total. The maximum Gasteiger partial charge on any atom is 0.328 e. The van der Waals surface area contributed by atoms with Gasteiger partial charge in [-0.25, -0.2) is 14.6 Å². The third kappa shape index (κ3) is 9.96. The van der Waals surface area contributed by atoms with Crippen molar-refractivity contribution in [2.45, 2.75) is 39.3 Å². The van der Waals surface area contributed by atoms with E-state index in [1.54, 1.807) is 11.3 Å². The van der Waals surface area contributed by atoms with Gasteiger partial charge in [0.05, 0.1) is 11.2 Å². The van der Waals surface area contributed by atoms with E-state index in [9.17, 15) is 9.59 Å². The van der Waals surface area contributed by atoms with E-state index in [-0.39, 0.29) is 0 Å². The topological polar surface area (TPSA) is 103 Å². The Balaban J connectivity index is 0.000000333. The summed E-state index contributed by atoms with van der Waals surface area (Å²) >= 11 is 1.70. The Hall–Kier alpha value is -1.77. The normalized spacial score (nSPS) is 15.4. The number of aromatic nitrogens is 1. The van der Waals surface area contributed by atoms with E-state index in [1.165, 1.54) is 25.1 Å². The summed E-state index contributed by atoms with van der Waals surface area (Å²) in [6, 6.07) is 0.736. The predicted octanol–water partition coefficient (Wildman–Crippen LogP) is 2.06. The molecule has 8 heteroatoms. The molecule has 0 aromatic carbocycles. The largest absolute Gasteiger partial charge is 0.478 e. The highest BCUT2D eigenvalue weighted by atomic mass is 32.1. The van der Waals surface area contributed by atoms with Crippen LogP contribution in [0.5, 0.6) is 0 Å². The number of rotatable bonds is 7. The summed E-state index contributed by atoms with van der Waals surface area (Å²) in [5, 5.41) is 21.2. The first-order valence-electron chi connectivity index (χ1n) is 8.34. The number of hydrogen-bond donors (Lipinski definition) is 3. The van der Waals surface area contributed by atoms with Crippen molar-refractivity contribution < 1.29 is 19.8 Å². The fraction of sp³-hybridized carbons (Fsp3) is 0.588. The third-order valence-electron chi connectivity index (χ3n) is 3.64.